The van der Waals surface area contributed by atoms with E-state index in [1.54, 1.807) is 12.1 Å². The quantitative estimate of drug-likeness (QED) is 0.370. The highest BCUT2D eigenvalue weighted by molar-refractivity contribution is 14.1. The summed E-state index contributed by atoms with van der Waals surface area (Å²) in [6.07, 6.45) is 1.39. The molecule has 0 aliphatic heterocycles. The number of ether oxygens (including phenoxy) is 1. The molecule has 0 unspecified atom stereocenters. The van der Waals surface area contributed by atoms with Gasteiger partial charge in [-0.15, -0.1) is 0 Å². The fourth-order valence-electron chi connectivity index (χ4n) is 1.84. The summed E-state index contributed by atoms with van der Waals surface area (Å²) in [5, 5.41) is 13.8. The number of hydrogen-bond acceptors (Lipinski definition) is 4. The fraction of sp³-hybridized carbons (Fsp3) is 0.176. The third-order valence-electron chi connectivity index (χ3n) is 3.30. The number of amides is 1. The molecule has 0 saturated carbocycles. The predicted molar refractivity (Wildman–Crippen MR) is 106 cm³/mol. The first-order chi connectivity index (χ1) is 11.4. The maximum atomic E-state index is 11.8. The van der Waals surface area contributed by atoms with Gasteiger partial charge >= 0.3 is 0 Å². The molecule has 2 aromatic rings. The minimum atomic E-state index is -0.381. The van der Waals surface area contributed by atoms with Crippen LogP contribution in [-0.4, -0.2) is 23.8 Å². The number of nitrogens with one attached hydrogen (secondary N) is 1. The Morgan fingerprint density at radius 2 is 2.08 bits per heavy atom. The van der Waals surface area contributed by atoms with Crippen LogP contribution in [0.3, 0.4) is 0 Å². The third-order valence-corrected chi connectivity index (χ3v) is 4.58. The van der Waals surface area contributed by atoms with Crippen LogP contribution in [0.4, 0.5) is 0 Å². The molecule has 2 rings (SSSR count). The molecule has 24 heavy (non-hydrogen) atoms. The van der Waals surface area contributed by atoms with E-state index in [-0.39, 0.29) is 18.3 Å². The highest BCUT2D eigenvalue weighted by Gasteiger charge is 2.06. The van der Waals surface area contributed by atoms with Crippen molar-refractivity contribution in [2.45, 2.75) is 13.8 Å². The molecular formula is C17H16BrIN2O3. The molecule has 0 aliphatic rings. The first-order valence-electron chi connectivity index (χ1n) is 7.07. The molecule has 2 aromatic carbocycles. The number of hydrogen-bond donors (Lipinski definition) is 2. The van der Waals surface area contributed by atoms with Crippen LogP contribution < -0.4 is 10.2 Å². The van der Waals surface area contributed by atoms with Gasteiger partial charge in [0.1, 0.15) is 11.5 Å². The highest BCUT2D eigenvalue weighted by Crippen LogP contribution is 2.27. The first kappa shape index (κ1) is 18.7. The summed E-state index contributed by atoms with van der Waals surface area (Å²) in [7, 11) is 0. The van der Waals surface area contributed by atoms with Gasteiger partial charge in [-0.05, 0) is 71.8 Å². The van der Waals surface area contributed by atoms with Crippen molar-refractivity contribution in [2.24, 2.45) is 5.10 Å². The van der Waals surface area contributed by atoms with Gasteiger partial charge in [0.25, 0.3) is 5.91 Å². The summed E-state index contributed by atoms with van der Waals surface area (Å²) in [6, 6.07) is 9.13. The number of aromatic hydroxyl groups is 1. The number of phenols is 1. The number of halogens is 2. The maximum Gasteiger partial charge on any atom is 0.277 e. The molecule has 0 fully saturated rings. The molecule has 1 amide bonds. The fourth-order valence-corrected chi connectivity index (χ4v) is 3.39. The smallest absolute Gasteiger partial charge is 0.277 e. The minimum Gasteiger partial charge on any atom is -0.506 e. The van der Waals surface area contributed by atoms with Crippen molar-refractivity contribution in [2.75, 3.05) is 6.61 Å². The van der Waals surface area contributed by atoms with E-state index in [2.05, 4.69) is 26.5 Å². The lowest BCUT2D eigenvalue weighted by Crippen LogP contribution is -2.24. The van der Waals surface area contributed by atoms with Crippen molar-refractivity contribution < 1.29 is 14.6 Å². The maximum absolute atomic E-state index is 11.8. The molecule has 0 heterocycles. The van der Waals surface area contributed by atoms with Gasteiger partial charge in [0.05, 0.1) is 9.78 Å². The van der Waals surface area contributed by atoms with E-state index in [1.807, 2.05) is 54.6 Å². The molecule has 0 radical (unpaired) electrons. The van der Waals surface area contributed by atoms with Gasteiger partial charge in [0.2, 0.25) is 0 Å². The van der Waals surface area contributed by atoms with Crippen LogP contribution in [0, 0.1) is 17.4 Å². The Hall–Kier alpha value is -1.61. The number of phenolic OH excluding ortho intramolecular Hbond substituents is 1. The second-order valence-electron chi connectivity index (χ2n) is 5.15. The predicted octanol–water partition coefficient (Wildman–Crippen LogP) is 3.91. The average molecular weight is 503 g/mol. The van der Waals surface area contributed by atoms with Crippen molar-refractivity contribution in [3.8, 4) is 11.5 Å². The number of carbonyl (C=O) groups excluding carboxylic acids is 1. The lowest BCUT2D eigenvalue weighted by Gasteiger charge is -2.07. The Morgan fingerprint density at radius 1 is 1.33 bits per heavy atom. The van der Waals surface area contributed by atoms with Crippen molar-refractivity contribution in [3.05, 3.63) is 55.1 Å². The van der Waals surface area contributed by atoms with E-state index < -0.39 is 0 Å². The Balaban J connectivity index is 1.90. The molecular weight excluding hydrogens is 487 g/mol. The molecule has 126 valence electrons. The van der Waals surface area contributed by atoms with E-state index in [4.69, 9.17) is 4.74 Å². The van der Waals surface area contributed by atoms with Crippen molar-refractivity contribution >= 4 is 50.6 Å². The summed E-state index contributed by atoms with van der Waals surface area (Å²) in [5.74, 6) is 0.369. The molecule has 0 spiro atoms. The Bertz CT molecular complexity index is 794. The van der Waals surface area contributed by atoms with E-state index in [9.17, 15) is 9.90 Å². The van der Waals surface area contributed by atoms with Crippen LogP contribution in [0.25, 0.3) is 0 Å². The topological polar surface area (TPSA) is 70.9 Å². The van der Waals surface area contributed by atoms with Gasteiger partial charge < -0.3 is 9.84 Å². The van der Waals surface area contributed by atoms with Crippen LogP contribution in [0.15, 0.2) is 39.9 Å². The zero-order valence-electron chi connectivity index (χ0n) is 13.1. The molecule has 0 aromatic heterocycles. The van der Waals surface area contributed by atoms with Gasteiger partial charge in [0.15, 0.2) is 6.61 Å². The summed E-state index contributed by atoms with van der Waals surface area (Å²) in [6.45, 7) is 3.86. The standard InChI is InChI=1S/C17H16BrIN2O3/c1-10-3-4-14(5-11(10)2)24-9-16(22)21-20-8-12-6-13(18)7-15(19)17(12)23/h3-8,23H,9H2,1-2H3,(H,21,22)/b20-8-. The van der Waals surface area contributed by atoms with Crippen molar-refractivity contribution in [1.82, 2.24) is 5.43 Å². The number of carbonyl (C=O) groups is 1. The van der Waals surface area contributed by atoms with Gasteiger partial charge in [-0.3, -0.25) is 4.79 Å². The molecule has 0 saturated heterocycles. The largest absolute Gasteiger partial charge is 0.506 e. The number of rotatable bonds is 5. The second kappa shape index (κ2) is 8.48. The number of hydrazone groups is 1. The summed E-state index contributed by atoms with van der Waals surface area (Å²) in [4.78, 5) is 11.8. The molecule has 7 heteroatoms. The lowest BCUT2D eigenvalue weighted by atomic mass is 10.1. The monoisotopic (exact) mass is 502 g/mol. The Labute approximate surface area is 162 Å². The normalized spacial score (nSPS) is 10.8. The Morgan fingerprint density at radius 3 is 2.79 bits per heavy atom. The number of aryl methyl sites for hydroxylation is 2. The lowest BCUT2D eigenvalue weighted by molar-refractivity contribution is -0.123. The van der Waals surface area contributed by atoms with Gasteiger partial charge in [0, 0.05) is 10.0 Å². The molecule has 2 N–H and O–H groups in total. The summed E-state index contributed by atoms with van der Waals surface area (Å²) < 4.78 is 6.93. The summed E-state index contributed by atoms with van der Waals surface area (Å²) >= 11 is 5.36. The van der Waals surface area contributed by atoms with Crippen molar-refractivity contribution in [1.29, 1.82) is 0 Å². The molecule has 0 bridgehead atoms. The van der Waals surface area contributed by atoms with E-state index >= 15 is 0 Å². The van der Waals surface area contributed by atoms with Crippen molar-refractivity contribution in [3.63, 3.8) is 0 Å². The van der Waals surface area contributed by atoms with E-state index in [0.717, 1.165) is 10.0 Å². The van der Waals surface area contributed by atoms with Crippen LogP contribution >= 0.6 is 38.5 Å². The van der Waals surface area contributed by atoms with E-state index in [1.165, 1.54) is 11.8 Å². The number of benzene rings is 2. The second-order valence-corrected chi connectivity index (χ2v) is 7.23. The zero-order valence-corrected chi connectivity index (χ0v) is 16.9. The van der Waals surface area contributed by atoms with Crippen LogP contribution in [0.5, 0.6) is 11.5 Å². The number of nitrogens with zero attached hydrogens (tertiary/aromatic N) is 1. The SMILES string of the molecule is Cc1ccc(OCC(=O)N/N=C\c2cc(Br)cc(I)c2O)cc1C. The highest BCUT2D eigenvalue weighted by atomic mass is 127. The summed E-state index contributed by atoms with van der Waals surface area (Å²) in [5.41, 5.74) is 5.14. The van der Waals surface area contributed by atoms with Gasteiger partial charge in [-0.25, -0.2) is 5.43 Å². The van der Waals surface area contributed by atoms with Crippen LogP contribution in [0.1, 0.15) is 16.7 Å². The first-order valence-corrected chi connectivity index (χ1v) is 8.94. The third kappa shape index (κ3) is 5.20. The molecule has 0 atom stereocenters. The minimum absolute atomic E-state index is 0.114. The van der Waals surface area contributed by atoms with Crippen LogP contribution in [0.2, 0.25) is 0 Å². The average Bonchev–Trinajstić information content (AvgIpc) is 2.53. The molecule has 5 nitrogen and oxygen atoms in total. The zero-order chi connectivity index (χ0) is 17.7. The van der Waals surface area contributed by atoms with Gasteiger partial charge in [-0.2, -0.15) is 5.10 Å². The van der Waals surface area contributed by atoms with Crippen LogP contribution in [-0.2, 0) is 4.79 Å². The van der Waals surface area contributed by atoms with Gasteiger partial charge in [-0.1, -0.05) is 22.0 Å². The molecule has 0 aliphatic carbocycles. The van der Waals surface area contributed by atoms with E-state index in [0.29, 0.717) is 14.9 Å². The Kier molecular flexibility index (Phi) is 6.61.